The zero-order valence-electron chi connectivity index (χ0n) is 11.7. The SMILES string of the molecule is C1CC(CN2CCSC3(CCOCC3)C2)CCN1.Cl. The molecule has 5 heteroatoms. The summed E-state index contributed by atoms with van der Waals surface area (Å²) in [5, 5.41) is 3.47. The van der Waals surface area contributed by atoms with Crippen LogP contribution in [-0.4, -0.2) is 61.3 Å². The smallest absolute Gasteiger partial charge is 0.0479 e. The lowest BCUT2D eigenvalue weighted by atomic mass is 9.94. The summed E-state index contributed by atoms with van der Waals surface area (Å²) < 4.78 is 6.07. The fourth-order valence-corrected chi connectivity index (χ4v) is 5.07. The predicted molar refractivity (Wildman–Crippen MR) is 84.5 cm³/mol. The van der Waals surface area contributed by atoms with Crippen molar-refractivity contribution in [3.05, 3.63) is 0 Å². The highest BCUT2D eigenvalue weighted by Gasteiger charge is 2.38. The average molecular weight is 307 g/mol. The molecule has 0 atom stereocenters. The molecule has 3 fully saturated rings. The van der Waals surface area contributed by atoms with E-state index in [0.29, 0.717) is 4.75 Å². The van der Waals surface area contributed by atoms with Gasteiger partial charge in [0.1, 0.15) is 0 Å². The number of halogens is 1. The number of thioether (sulfide) groups is 1. The van der Waals surface area contributed by atoms with Crippen LogP contribution < -0.4 is 5.32 Å². The summed E-state index contributed by atoms with van der Waals surface area (Å²) in [7, 11) is 0. The van der Waals surface area contributed by atoms with Gasteiger partial charge in [-0.1, -0.05) is 0 Å². The summed E-state index contributed by atoms with van der Waals surface area (Å²) in [5.41, 5.74) is 0. The molecule has 0 bridgehead atoms. The Hall–Kier alpha value is 0.520. The molecular weight excluding hydrogens is 280 g/mol. The number of hydrogen-bond acceptors (Lipinski definition) is 4. The van der Waals surface area contributed by atoms with Gasteiger partial charge in [0.15, 0.2) is 0 Å². The lowest BCUT2D eigenvalue weighted by Gasteiger charge is -2.45. The molecule has 3 heterocycles. The van der Waals surface area contributed by atoms with Gasteiger partial charge >= 0.3 is 0 Å². The molecule has 0 unspecified atom stereocenters. The molecule has 3 nitrogen and oxygen atoms in total. The first-order valence-electron chi connectivity index (χ1n) is 7.51. The second-order valence-corrected chi connectivity index (χ2v) is 7.64. The normalized spacial score (nSPS) is 29.1. The third-order valence-corrected chi connectivity index (χ3v) is 6.24. The monoisotopic (exact) mass is 306 g/mol. The number of piperidine rings is 1. The molecule has 0 radical (unpaired) electrons. The van der Waals surface area contributed by atoms with E-state index in [4.69, 9.17) is 4.74 Å². The minimum absolute atomic E-state index is 0. The van der Waals surface area contributed by atoms with E-state index in [-0.39, 0.29) is 12.4 Å². The van der Waals surface area contributed by atoms with Crippen molar-refractivity contribution in [1.29, 1.82) is 0 Å². The molecule has 1 spiro atoms. The first-order valence-corrected chi connectivity index (χ1v) is 8.50. The van der Waals surface area contributed by atoms with E-state index in [1.807, 2.05) is 0 Å². The van der Waals surface area contributed by atoms with Crippen LogP contribution in [0.25, 0.3) is 0 Å². The van der Waals surface area contributed by atoms with Crippen molar-refractivity contribution in [2.75, 3.05) is 51.7 Å². The van der Waals surface area contributed by atoms with E-state index in [2.05, 4.69) is 22.0 Å². The fourth-order valence-electron chi connectivity index (χ4n) is 3.55. The third-order valence-electron chi connectivity index (χ3n) is 4.71. The third kappa shape index (κ3) is 4.24. The van der Waals surface area contributed by atoms with Gasteiger partial charge in [-0.3, -0.25) is 0 Å². The highest BCUT2D eigenvalue weighted by molar-refractivity contribution is 8.00. The molecule has 0 saturated carbocycles. The topological polar surface area (TPSA) is 24.5 Å². The first kappa shape index (κ1) is 15.9. The van der Waals surface area contributed by atoms with Crippen LogP contribution in [0.15, 0.2) is 0 Å². The highest BCUT2D eigenvalue weighted by atomic mass is 35.5. The van der Waals surface area contributed by atoms with Crippen molar-refractivity contribution >= 4 is 24.2 Å². The quantitative estimate of drug-likeness (QED) is 0.843. The maximum atomic E-state index is 5.54. The van der Waals surface area contributed by atoms with Crippen LogP contribution in [0, 0.1) is 5.92 Å². The van der Waals surface area contributed by atoms with Gasteiger partial charge in [-0.15, -0.1) is 12.4 Å². The van der Waals surface area contributed by atoms with E-state index in [1.54, 1.807) is 0 Å². The number of nitrogens with one attached hydrogen (secondary N) is 1. The van der Waals surface area contributed by atoms with E-state index < -0.39 is 0 Å². The lowest BCUT2D eigenvalue weighted by molar-refractivity contribution is 0.0603. The first-order chi connectivity index (χ1) is 8.86. The van der Waals surface area contributed by atoms with E-state index in [0.717, 1.165) is 19.1 Å². The second kappa shape index (κ2) is 7.51. The fraction of sp³-hybridized carbons (Fsp3) is 1.00. The Labute approximate surface area is 127 Å². The van der Waals surface area contributed by atoms with Gasteiger partial charge in [-0.05, 0) is 44.7 Å². The molecule has 1 N–H and O–H groups in total. The zero-order chi connectivity index (χ0) is 12.3. The van der Waals surface area contributed by atoms with Crippen molar-refractivity contribution in [3.63, 3.8) is 0 Å². The largest absolute Gasteiger partial charge is 0.381 e. The van der Waals surface area contributed by atoms with Crippen LogP contribution in [0.3, 0.4) is 0 Å². The van der Waals surface area contributed by atoms with Crippen molar-refractivity contribution in [2.24, 2.45) is 5.92 Å². The van der Waals surface area contributed by atoms with Gasteiger partial charge in [0.2, 0.25) is 0 Å². The summed E-state index contributed by atoms with van der Waals surface area (Å²) in [5.74, 6) is 2.26. The van der Waals surface area contributed by atoms with Gasteiger partial charge in [0.25, 0.3) is 0 Å². The van der Waals surface area contributed by atoms with E-state index >= 15 is 0 Å². The van der Waals surface area contributed by atoms with Crippen molar-refractivity contribution < 1.29 is 4.74 Å². The van der Waals surface area contributed by atoms with Crippen molar-refractivity contribution in [1.82, 2.24) is 10.2 Å². The molecule has 3 saturated heterocycles. The Morgan fingerprint density at radius 2 is 1.95 bits per heavy atom. The number of hydrogen-bond donors (Lipinski definition) is 1. The molecule has 0 amide bonds. The van der Waals surface area contributed by atoms with Crippen LogP contribution in [0.5, 0.6) is 0 Å². The molecule has 0 aliphatic carbocycles. The molecule has 0 aromatic rings. The van der Waals surface area contributed by atoms with Crippen molar-refractivity contribution in [2.45, 2.75) is 30.4 Å². The Bertz CT molecular complexity index is 263. The lowest BCUT2D eigenvalue weighted by Crippen LogP contribution is -2.51. The van der Waals surface area contributed by atoms with Crippen LogP contribution in [-0.2, 0) is 4.74 Å². The minimum Gasteiger partial charge on any atom is -0.381 e. The van der Waals surface area contributed by atoms with Crippen LogP contribution >= 0.6 is 24.2 Å². The summed E-state index contributed by atoms with van der Waals surface area (Å²) in [6.45, 7) is 8.37. The minimum atomic E-state index is 0. The average Bonchev–Trinajstić information content (AvgIpc) is 2.41. The van der Waals surface area contributed by atoms with Gasteiger partial charge in [-0.2, -0.15) is 11.8 Å². The van der Waals surface area contributed by atoms with Crippen LogP contribution in [0.4, 0.5) is 0 Å². The van der Waals surface area contributed by atoms with Gasteiger partial charge in [0, 0.05) is 43.3 Å². The summed E-state index contributed by atoms with van der Waals surface area (Å²) in [6, 6.07) is 0. The Morgan fingerprint density at radius 1 is 1.21 bits per heavy atom. The van der Waals surface area contributed by atoms with Crippen LogP contribution in [0.2, 0.25) is 0 Å². The predicted octanol–water partition coefficient (Wildman–Crippen LogP) is 2.01. The van der Waals surface area contributed by atoms with Gasteiger partial charge in [-0.25, -0.2) is 0 Å². The molecule has 3 aliphatic rings. The Balaban J connectivity index is 0.00000133. The molecule has 112 valence electrons. The number of ether oxygens (including phenoxy) is 1. The molecule has 0 aromatic carbocycles. The van der Waals surface area contributed by atoms with Crippen molar-refractivity contribution in [3.8, 4) is 0 Å². The summed E-state index contributed by atoms with van der Waals surface area (Å²) in [4.78, 5) is 2.75. The zero-order valence-corrected chi connectivity index (χ0v) is 13.4. The highest BCUT2D eigenvalue weighted by Crippen LogP contribution is 2.39. The Kier molecular flexibility index (Phi) is 6.28. The molecule has 3 rings (SSSR count). The molecule has 3 aliphatic heterocycles. The molecular formula is C14H27ClN2OS. The van der Waals surface area contributed by atoms with E-state index in [1.165, 1.54) is 64.2 Å². The van der Waals surface area contributed by atoms with Gasteiger partial charge in [0.05, 0.1) is 0 Å². The number of rotatable bonds is 2. The van der Waals surface area contributed by atoms with Crippen LogP contribution in [0.1, 0.15) is 25.7 Å². The standard InChI is InChI=1S/C14H26N2OS.ClH/c1-5-15-6-2-13(1)11-16-7-10-18-14(12-16)3-8-17-9-4-14;/h13,15H,1-12H2;1H. The maximum Gasteiger partial charge on any atom is 0.0479 e. The van der Waals surface area contributed by atoms with Gasteiger partial charge < -0.3 is 15.0 Å². The second-order valence-electron chi connectivity index (χ2n) is 6.07. The van der Waals surface area contributed by atoms with E-state index in [9.17, 15) is 0 Å². The molecule has 19 heavy (non-hydrogen) atoms. The summed E-state index contributed by atoms with van der Waals surface area (Å²) in [6.07, 6.45) is 5.28. The molecule has 0 aromatic heterocycles. The summed E-state index contributed by atoms with van der Waals surface area (Å²) >= 11 is 2.22. The Morgan fingerprint density at radius 3 is 2.68 bits per heavy atom. The number of nitrogens with zero attached hydrogens (tertiary/aromatic N) is 1. The maximum absolute atomic E-state index is 5.54.